The Labute approximate surface area is 124 Å². The normalized spacial score (nSPS) is 11.9. The number of hydrogen-bond donors (Lipinski definition) is 2. The lowest BCUT2D eigenvalue weighted by Crippen LogP contribution is -2.14. The Kier molecular flexibility index (Phi) is 4.39. The zero-order valence-electron chi connectivity index (χ0n) is 11.6. The molecule has 0 saturated carbocycles. The number of nitrogen functional groups attached to an aromatic ring is 1. The fourth-order valence-electron chi connectivity index (χ4n) is 1.83. The van der Waals surface area contributed by atoms with Crippen LogP contribution in [0.3, 0.4) is 0 Å². The Morgan fingerprint density at radius 1 is 1.20 bits per heavy atom. The summed E-state index contributed by atoms with van der Waals surface area (Å²) in [4.78, 5) is 8.60. The van der Waals surface area contributed by atoms with Crippen molar-refractivity contribution in [2.45, 2.75) is 5.25 Å². The van der Waals surface area contributed by atoms with Gasteiger partial charge < -0.3 is 15.2 Å². The summed E-state index contributed by atoms with van der Waals surface area (Å²) in [6, 6.07) is 7.41. The van der Waals surface area contributed by atoms with Crippen molar-refractivity contribution in [3.8, 4) is 11.8 Å². The molecule has 1 atom stereocenters. The van der Waals surface area contributed by atoms with E-state index in [0.717, 1.165) is 11.0 Å². The van der Waals surface area contributed by atoms with Crippen LogP contribution in [-0.2, 0) is 0 Å². The maximum atomic E-state index is 6.10. The second-order valence-corrected chi connectivity index (χ2v) is 4.81. The van der Waals surface area contributed by atoms with Crippen LogP contribution in [0.1, 0.15) is 16.6 Å². The van der Waals surface area contributed by atoms with Crippen LogP contribution in [0.2, 0.25) is 0 Å². The predicted molar refractivity (Wildman–Crippen MR) is 85.0 cm³/mol. The molecule has 104 valence electrons. The Morgan fingerprint density at radius 3 is 2.35 bits per heavy atom. The maximum Gasteiger partial charge on any atom is 0.220 e. The average molecular weight is 289 g/mol. The average Bonchev–Trinajstić information content (AvgIpc) is 2.48. The van der Waals surface area contributed by atoms with Crippen LogP contribution in [0.15, 0.2) is 24.3 Å². The maximum absolute atomic E-state index is 6.10. The second-order valence-electron chi connectivity index (χ2n) is 4.29. The predicted octanol–water partition coefficient (Wildman–Crippen LogP) is 0.354. The topological polar surface area (TPSA) is 70.3 Å². The standard InChI is InChI=1S/C13H16BN3O2S/c1-18-9-6-10(19-2)17-13(16-9)12(20)7-4-3-5-8(14)11(7)15/h3-6,12,20H,14-15H2,1-2H3. The number of anilines is 1. The molecule has 1 aromatic carbocycles. The van der Waals surface area contributed by atoms with Gasteiger partial charge in [0.1, 0.15) is 7.85 Å². The van der Waals surface area contributed by atoms with E-state index in [1.165, 1.54) is 0 Å². The molecule has 20 heavy (non-hydrogen) atoms. The first kappa shape index (κ1) is 14.5. The fraction of sp³-hybridized carbons (Fsp3) is 0.231. The van der Waals surface area contributed by atoms with Gasteiger partial charge in [0.25, 0.3) is 0 Å². The highest BCUT2D eigenvalue weighted by atomic mass is 32.1. The highest BCUT2D eigenvalue weighted by Crippen LogP contribution is 2.31. The van der Waals surface area contributed by atoms with Gasteiger partial charge in [-0.15, -0.1) is 0 Å². The summed E-state index contributed by atoms with van der Waals surface area (Å²) in [6.07, 6.45) is 0. The van der Waals surface area contributed by atoms with E-state index in [0.29, 0.717) is 23.3 Å². The zero-order valence-corrected chi connectivity index (χ0v) is 12.5. The van der Waals surface area contributed by atoms with E-state index in [2.05, 4.69) is 22.6 Å². The van der Waals surface area contributed by atoms with Gasteiger partial charge in [0, 0.05) is 5.69 Å². The number of aromatic nitrogens is 2. The summed E-state index contributed by atoms with van der Waals surface area (Å²) in [5.74, 6) is 1.34. The van der Waals surface area contributed by atoms with E-state index < -0.39 is 0 Å². The molecule has 0 bridgehead atoms. The number of ether oxygens (including phenoxy) is 2. The third kappa shape index (κ3) is 2.82. The number of thiol groups is 1. The number of hydrogen-bond acceptors (Lipinski definition) is 6. The first-order chi connectivity index (χ1) is 9.56. The lowest BCUT2D eigenvalue weighted by Gasteiger charge is -2.15. The first-order valence-electron chi connectivity index (χ1n) is 6.06. The minimum atomic E-state index is -0.348. The highest BCUT2D eigenvalue weighted by molar-refractivity contribution is 7.80. The van der Waals surface area contributed by atoms with Crippen molar-refractivity contribution in [3.63, 3.8) is 0 Å². The molecule has 0 fully saturated rings. The molecular weight excluding hydrogens is 273 g/mol. The van der Waals surface area contributed by atoms with Gasteiger partial charge >= 0.3 is 0 Å². The van der Waals surface area contributed by atoms with Crippen molar-refractivity contribution in [3.05, 3.63) is 35.7 Å². The summed E-state index contributed by atoms with van der Waals surface area (Å²) in [6.45, 7) is 0. The Morgan fingerprint density at radius 2 is 1.80 bits per heavy atom. The largest absolute Gasteiger partial charge is 0.481 e. The van der Waals surface area contributed by atoms with E-state index in [1.807, 2.05) is 26.0 Å². The molecule has 0 spiro atoms. The van der Waals surface area contributed by atoms with Crippen molar-refractivity contribution in [1.82, 2.24) is 9.97 Å². The molecular formula is C13H16BN3O2S. The van der Waals surface area contributed by atoms with Gasteiger partial charge in [-0.25, -0.2) is 0 Å². The summed E-state index contributed by atoms with van der Waals surface area (Å²) in [7, 11) is 5.03. The van der Waals surface area contributed by atoms with E-state index in [9.17, 15) is 0 Å². The van der Waals surface area contributed by atoms with Crippen LogP contribution in [0.5, 0.6) is 11.8 Å². The minimum Gasteiger partial charge on any atom is -0.481 e. The molecule has 0 amide bonds. The molecule has 0 radical (unpaired) electrons. The molecule has 1 aromatic heterocycles. The van der Waals surface area contributed by atoms with Gasteiger partial charge in [0.15, 0.2) is 5.82 Å². The quantitative estimate of drug-likeness (QED) is 0.483. The molecule has 0 aliphatic carbocycles. The lowest BCUT2D eigenvalue weighted by molar-refractivity contribution is 0.368. The van der Waals surface area contributed by atoms with Crippen molar-refractivity contribution in [2.24, 2.45) is 0 Å². The zero-order chi connectivity index (χ0) is 14.7. The van der Waals surface area contributed by atoms with E-state index in [1.54, 1.807) is 20.3 Å². The molecule has 5 nitrogen and oxygen atoms in total. The van der Waals surface area contributed by atoms with Gasteiger partial charge in [-0.05, 0) is 5.56 Å². The fourth-order valence-corrected chi connectivity index (χ4v) is 2.17. The molecule has 7 heteroatoms. The summed E-state index contributed by atoms with van der Waals surface area (Å²) < 4.78 is 10.3. The number of nitrogens with zero attached hydrogens (tertiary/aromatic N) is 2. The van der Waals surface area contributed by atoms with Crippen LogP contribution in [-0.4, -0.2) is 32.0 Å². The molecule has 2 aromatic rings. The third-order valence-electron chi connectivity index (χ3n) is 3.01. The molecule has 2 N–H and O–H groups in total. The van der Waals surface area contributed by atoms with Gasteiger partial charge in [-0.1, -0.05) is 23.7 Å². The lowest BCUT2D eigenvalue weighted by atomic mass is 9.91. The summed E-state index contributed by atoms with van der Waals surface area (Å²) >= 11 is 4.58. The Bertz CT molecular complexity index is 602. The van der Waals surface area contributed by atoms with Gasteiger partial charge in [0.05, 0.1) is 25.5 Å². The van der Waals surface area contributed by atoms with Crippen LogP contribution < -0.4 is 20.7 Å². The smallest absolute Gasteiger partial charge is 0.220 e. The Balaban J connectivity index is 2.47. The molecule has 0 saturated heterocycles. The van der Waals surface area contributed by atoms with Gasteiger partial charge in [-0.2, -0.15) is 22.6 Å². The SMILES string of the molecule is Bc1cccc(C(S)c2nc(OC)cc(OC)n2)c1N. The highest BCUT2D eigenvalue weighted by Gasteiger charge is 2.18. The van der Waals surface area contributed by atoms with Gasteiger partial charge in [0.2, 0.25) is 11.8 Å². The molecule has 0 aliphatic rings. The monoisotopic (exact) mass is 289 g/mol. The van der Waals surface area contributed by atoms with Crippen molar-refractivity contribution in [1.29, 1.82) is 0 Å². The summed E-state index contributed by atoms with van der Waals surface area (Å²) in [5, 5.41) is -0.348. The van der Waals surface area contributed by atoms with Crippen molar-refractivity contribution in [2.75, 3.05) is 20.0 Å². The number of rotatable bonds is 4. The van der Waals surface area contributed by atoms with Crippen molar-refractivity contribution >= 4 is 31.6 Å². The summed E-state index contributed by atoms with van der Waals surface area (Å²) in [5.41, 5.74) is 8.65. The number of para-hydroxylation sites is 1. The number of methoxy groups -OCH3 is 2. The first-order valence-corrected chi connectivity index (χ1v) is 6.58. The van der Waals surface area contributed by atoms with Crippen LogP contribution in [0.4, 0.5) is 5.69 Å². The van der Waals surface area contributed by atoms with Crippen molar-refractivity contribution < 1.29 is 9.47 Å². The molecule has 2 rings (SSSR count). The minimum absolute atomic E-state index is 0.348. The molecule has 0 aliphatic heterocycles. The second kappa shape index (κ2) is 6.05. The molecule has 1 heterocycles. The van der Waals surface area contributed by atoms with E-state index >= 15 is 0 Å². The van der Waals surface area contributed by atoms with E-state index in [4.69, 9.17) is 15.2 Å². The number of benzene rings is 1. The number of nitrogens with two attached hydrogens (primary N) is 1. The van der Waals surface area contributed by atoms with Gasteiger partial charge in [-0.3, -0.25) is 0 Å². The third-order valence-corrected chi connectivity index (χ3v) is 3.52. The van der Waals surface area contributed by atoms with Crippen LogP contribution >= 0.6 is 12.6 Å². The Hall–Kier alpha value is -1.89. The van der Waals surface area contributed by atoms with Crippen LogP contribution in [0, 0.1) is 0 Å². The molecule has 1 unspecified atom stereocenters. The van der Waals surface area contributed by atoms with Crippen LogP contribution in [0.25, 0.3) is 0 Å². The van der Waals surface area contributed by atoms with E-state index in [-0.39, 0.29) is 5.25 Å².